The van der Waals surface area contributed by atoms with E-state index in [1.165, 1.54) is 12.7 Å². The molecule has 1 unspecified atom stereocenters. The normalized spacial score (nSPS) is 22.5. The summed E-state index contributed by atoms with van der Waals surface area (Å²) in [5.74, 6) is 0.455. The average molecular weight is 484 g/mol. The van der Waals surface area contributed by atoms with Crippen LogP contribution in [0.4, 0.5) is 4.79 Å². The predicted octanol–water partition coefficient (Wildman–Crippen LogP) is 3.55. The minimum absolute atomic E-state index is 0.0782. The number of hydrogen-bond donors (Lipinski definition) is 2. The van der Waals surface area contributed by atoms with E-state index in [-0.39, 0.29) is 23.7 Å². The van der Waals surface area contributed by atoms with Gasteiger partial charge in [0, 0.05) is 48.6 Å². The number of pyridine rings is 1. The Labute approximate surface area is 187 Å². The van der Waals surface area contributed by atoms with E-state index in [9.17, 15) is 9.59 Å². The summed E-state index contributed by atoms with van der Waals surface area (Å²) in [4.78, 5) is 37.5. The molecule has 0 bridgehead atoms. The summed E-state index contributed by atoms with van der Waals surface area (Å²) in [6.45, 7) is 0.661. The summed E-state index contributed by atoms with van der Waals surface area (Å²) >= 11 is 3.35. The molecule has 9 heteroatoms. The van der Waals surface area contributed by atoms with Gasteiger partial charge in [-0.05, 0) is 52.5 Å². The van der Waals surface area contributed by atoms with Crippen LogP contribution in [-0.4, -0.2) is 44.5 Å². The molecule has 2 aliphatic rings. The number of amides is 1. The largest absolute Gasteiger partial charge is 0.453 e. The van der Waals surface area contributed by atoms with Crippen molar-refractivity contribution in [3.8, 4) is 11.3 Å². The van der Waals surface area contributed by atoms with Gasteiger partial charge in [0.1, 0.15) is 16.2 Å². The van der Waals surface area contributed by atoms with E-state index in [0.29, 0.717) is 19.4 Å². The van der Waals surface area contributed by atoms with Crippen LogP contribution in [0.3, 0.4) is 0 Å². The number of methoxy groups -OCH3 is 1. The Bertz CT molecular complexity index is 1140. The molecule has 3 aromatic heterocycles. The third-order valence-electron chi connectivity index (χ3n) is 6.24. The number of nitrogens with one attached hydrogen (secondary N) is 2. The number of alkyl carbamates (subject to hydrolysis) is 1. The van der Waals surface area contributed by atoms with Crippen LogP contribution in [0.1, 0.15) is 41.8 Å². The Morgan fingerprint density at radius 2 is 2.16 bits per heavy atom. The lowest BCUT2D eigenvalue weighted by Gasteiger charge is -2.31. The Balaban J connectivity index is 1.45. The molecular formula is C22H22BrN5O3. The SMILES string of the molecule is COC(=O)N[C@H]1CCc2ccn3c2C1C(=O)C[C@H](c1ncc(-c2ccc(Br)nc2)[nH]1)C3. The van der Waals surface area contributed by atoms with Crippen LogP contribution in [0.2, 0.25) is 0 Å². The first-order chi connectivity index (χ1) is 15.0. The summed E-state index contributed by atoms with van der Waals surface area (Å²) < 4.78 is 7.71. The minimum atomic E-state index is -0.501. The quantitative estimate of drug-likeness (QED) is 0.554. The Hall–Kier alpha value is -2.94. The molecule has 1 aliphatic carbocycles. The maximum Gasteiger partial charge on any atom is 0.407 e. The van der Waals surface area contributed by atoms with E-state index in [1.807, 2.05) is 18.3 Å². The highest BCUT2D eigenvalue weighted by atomic mass is 79.9. The van der Waals surface area contributed by atoms with Crippen LogP contribution in [-0.2, 0) is 22.5 Å². The summed E-state index contributed by atoms with van der Waals surface area (Å²) in [6, 6.07) is 5.67. The van der Waals surface area contributed by atoms with Crippen molar-refractivity contribution >= 4 is 27.8 Å². The smallest absolute Gasteiger partial charge is 0.407 e. The number of carbonyl (C=O) groups is 2. The van der Waals surface area contributed by atoms with Crippen molar-refractivity contribution in [1.29, 1.82) is 0 Å². The number of nitrogens with zero attached hydrogens (tertiary/aromatic N) is 3. The summed E-state index contributed by atoms with van der Waals surface area (Å²) in [7, 11) is 1.34. The number of Topliss-reactive ketones (excluding diaryl/α,β-unsaturated/α-hetero) is 1. The molecule has 31 heavy (non-hydrogen) atoms. The van der Waals surface area contributed by atoms with E-state index < -0.39 is 6.09 Å². The standard InChI is InChI=1S/C22H22BrN5O3/c1-31-22(30)27-15-4-2-12-6-7-28-11-14(8-17(29)19(15)20(12)28)21-25-10-16(26-21)13-3-5-18(23)24-9-13/h3,5-7,9-10,14-15,19H,2,4,8,11H2,1H3,(H,25,26)(H,27,30)/t14-,15-,19?/m0/s1. The van der Waals surface area contributed by atoms with Gasteiger partial charge in [-0.2, -0.15) is 0 Å². The Morgan fingerprint density at radius 3 is 2.94 bits per heavy atom. The van der Waals surface area contributed by atoms with E-state index in [2.05, 4.69) is 46.8 Å². The lowest BCUT2D eigenvalue weighted by atomic mass is 9.79. The number of aromatic nitrogens is 4. The average Bonchev–Trinajstić information content (AvgIpc) is 3.38. The Kier molecular flexibility index (Phi) is 5.13. The van der Waals surface area contributed by atoms with Gasteiger partial charge in [-0.15, -0.1) is 0 Å². The molecule has 160 valence electrons. The van der Waals surface area contributed by atoms with Crippen LogP contribution in [0, 0.1) is 0 Å². The zero-order valence-corrected chi connectivity index (χ0v) is 18.6. The third kappa shape index (κ3) is 3.67. The van der Waals surface area contributed by atoms with Crippen LogP contribution < -0.4 is 5.32 Å². The number of carbonyl (C=O) groups excluding carboxylic acids is 2. The van der Waals surface area contributed by atoms with Gasteiger partial charge in [0.2, 0.25) is 0 Å². The fraction of sp³-hybridized carbons (Fsp3) is 0.364. The molecule has 0 aromatic carbocycles. The monoisotopic (exact) mass is 483 g/mol. The second kappa shape index (κ2) is 7.96. The molecule has 4 heterocycles. The number of aryl methyl sites for hydroxylation is 1. The van der Waals surface area contributed by atoms with Crippen LogP contribution in [0.25, 0.3) is 11.3 Å². The fourth-order valence-electron chi connectivity index (χ4n) is 4.77. The van der Waals surface area contributed by atoms with Gasteiger partial charge in [0.15, 0.2) is 0 Å². The number of ether oxygens (including phenoxy) is 1. The number of rotatable bonds is 3. The van der Waals surface area contributed by atoms with Gasteiger partial charge in [-0.25, -0.2) is 14.8 Å². The van der Waals surface area contributed by atoms with Gasteiger partial charge in [0.05, 0.1) is 24.9 Å². The van der Waals surface area contributed by atoms with Crippen LogP contribution in [0.5, 0.6) is 0 Å². The highest BCUT2D eigenvalue weighted by Crippen LogP contribution is 2.40. The first-order valence-electron chi connectivity index (χ1n) is 10.3. The van der Waals surface area contributed by atoms with E-state index in [1.54, 1.807) is 12.4 Å². The number of H-pyrrole nitrogens is 1. The number of hydrogen-bond acceptors (Lipinski definition) is 5. The zero-order valence-electron chi connectivity index (χ0n) is 17.0. The maximum atomic E-state index is 13.4. The lowest BCUT2D eigenvalue weighted by molar-refractivity contribution is -0.121. The van der Waals surface area contributed by atoms with Crippen LogP contribution in [0.15, 0.2) is 41.4 Å². The van der Waals surface area contributed by atoms with Crippen molar-refractivity contribution in [3.05, 3.63) is 58.5 Å². The topological polar surface area (TPSA) is 102 Å². The maximum absolute atomic E-state index is 13.4. The molecule has 0 spiro atoms. The predicted molar refractivity (Wildman–Crippen MR) is 117 cm³/mol. The van der Waals surface area contributed by atoms with E-state index in [0.717, 1.165) is 33.8 Å². The fourth-order valence-corrected chi connectivity index (χ4v) is 5.01. The second-order valence-electron chi connectivity index (χ2n) is 8.06. The van der Waals surface area contributed by atoms with Gasteiger partial charge in [-0.1, -0.05) is 0 Å². The van der Waals surface area contributed by atoms with E-state index >= 15 is 0 Å². The number of imidazole rings is 1. The van der Waals surface area contributed by atoms with Gasteiger partial charge < -0.3 is 19.6 Å². The van der Waals surface area contributed by atoms with Crippen molar-refractivity contribution < 1.29 is 14.3 Å². The highest BCUT2D eigenvalue weighted by Gasteiger charge is 2.41. The molecular weight excluding hydrogens is 462 g/mol. The second-order valence-corrected chi connectivity index (χ2v) is 8.87. The zero-order chi connectivity index (χ0) is 21.5. The molecule has 0 saturated carbocycles. The van der Waals surface area contributed by atoms with Crippen molar-refractivity contribution in [2.45, 2.75) is 43.7 Å². The highest BCUT2D eigenvalue weighted by molar-refractivity contribution is 9.10. The molecule has 1 amide bonds. The summed E-state index contributed by atoms with van der Waals surface area (Å²) in [5, 5.41) is 2.87. The summed E-state index contributed by atoms with van der Waals surface area (Å²) in [5.41, 5.74) is 4.00. The van der Waals surface area contributed by atoms with E-state index in [4.69, 9.17) is 4.74 Å². The van der Waals surface area contributed by atoms with Crippen LogP contribution >= 0.6 is 15.9 Å². The third-order valence-corrected chi connectivity index (χ3v) is 6.71. The van der Waals surface area contributed by atoms with Crippen molar-refractivity contribution in [2.24, 2.45) is 0 Å². The molecule has 0 radical (unpaired) electrons. The molecule has 3 aromatic rings. The molecule has 0 saturated heterocycles. The number of ketones is 1. The molecule has 1 aliphatic heterocycles. The van der Waals surface area contributed by atoms with Gasteiger partial charge >= 0.3 is 6.09 Å². The summed E-state index contributed by atoms with van der Waals surface area (Å²) in [6.07, 6.45) is 7.01. The van der Waals surface area contributed by atoms with Crippen molar-refractivity contribution in [3.63, 3.8) is 0 Å². The number of aromatic amines is 1. The molecule has 0 fully saturated rings. The van der Waals surface area contributed by atoms with Crippen molar-refractivity contribution in [2.75, 3.05) is 7.11 Å². The van der Waals surface area contributed by atoms with Crippen molar-refractivity contribution in [1.82, 2.24) is 24.8 Å². The van der Waals surface area contributed by atoms with Gasteiger partial charge in [0.25, 0.3) is 0 Å². The Morgan fingerprint density at radius 1 is 1.29 bits per heavy atom. The molecule has 8 nitrogen and oxygen atoms in total. The van der Waals surface area contributed by atoms with Gasteiger partial charge in [-0.3, -0.25) is 4.79 Å². The molecule has 3 atom stereocenters. The lowest BCUT2D eigenvalue weighted by Crippen LogP contribution is -2.44. The first-order valence-corrected chi connectivity index (χ1v) is 11.0. The molecule has 2 N–H and O–H groups in total. The molecule has 5 rings (SSSR count). The minimum Gasteiger partial charge on any atom is -0.453 e. The number of halogens is 1. The first kappa shape index (κ1) is 20.0.